The maximum Gasteiger partial charge on any atom is 0.253 e. The number of halogens is 1. The molecule has 0 bridgehead atoms. The molecule has 2 aromatic carbocycles. The molecule has 30 heavy (non-hydrogen) atoms. The minimum atomic E-state index is -0.318. The lowest BCUT2D eigenvalue weighted by Gasteiger charge is -2.32. The van der Waals surface area contributed by atoms with Crippen LogP contribution in [0.2, 0.25) is 5.02 Å². The first kappa shape index (κ1) is 21.6. The zero-order valence-electron chi connectivity index (χ0n) is 16.9. The number of carbonyl (C=O) groups excluding carboxylic acids is 3. The van der Waals surface area contributed by atoms with Gasteiger partial charge in [0.2, 0.25) is 11.8 Å². The Morgan fingerprint density at radius 2 is 1.83 bits per heavy atom. The van der Waals surface area contributed by atoms with E-state index in [4.69, 9.17) is 16.3 Å². The van der Waals surface area contributed by atoms with E-state index in [2.05, 4.69) is 10.6 Å². The number of nitrogens with one attached hydrogen (secondary N) is 2. The van der Waals surface area contributed by atoms with Gasteiger partial charge in [0, 0.05) is 36.3 Å². The molecule has 2 aromatic rings. The molecule has 8 heteroatoms. The summed E-state index contributed by atoms with van der Waals surface area (Å²) >= 11 is 5.89. The summed E-state index contributed by atoms with van der Waals surface area (Å²) < 4.78 is 5.23. The van der Waals surface area contributed by atoms with Gasteiger partial charge in [-0.3, -0.25) is 14.4 Å². The van der Waals surface area contributed by atoms with E-state index in [-0.39, 0.29) is 23.6 Å². The summed E-state index contributed by atoms with van der Waals surface area (Å²) in [5, 5.41) is 6.14. The first-order valence-electron chi connectivity index (χ1n) is 9.68. The van der Waals surface area contributed by atoms with Crippen molar-refractivity contribution in [1.29, 1.82) is 0 Å². The Bertz CT molecular complexity index is 946. The van der Waals surface area contributed by atoms with E-state index in [0.29, 0.717) is 47.2 Å². The van der Waals surface area contributed by atoms with Crippen molar-refractivity contribution >= 4 is 40.7 Å². The number of nitrogens with zero attached hydrogens (tertiary/aromatic N) is 1. The maximum absolute atomic E-state index is 12.8. The number of piperidine rings is 1. The van der Waals surface area contributed by atoms with Crippen molar-refractivity contribution in [3.8, 4) is 5.75 Å². The molecule has 3 rings (SSSR count). The van der Waals surface area contributed by atoms with Gasteiger partial charge < -0.3 is 20.3 Å². The van der Waals surface area contributed by atoms with E-state index >= 15 is 0 Å². The van der Waals surface area contributed by atoms with E-state index in [0.717, 1.165) is 6.42 Å². The minimum Gasteiger partial charge on any atom is -0.495 e. The molecule has 3 amide bonds. The van der Waals surface area contributed by atoms with Crippen molar-refractivity contribution in [2.75, 3.05) is 30.8 Å². The Hall–Kier alpha value is -3.06. The standard InChI is InChI=1S/C22H24ClN3O4/c1-14(27)24-19-12-18(9-10-20(19)30-2)25-21(28)16-4-3-11-26(13-16)22(29)15-5-7-17(23)8-6-15/h5-10,12,16H,3-4,11,13H2,1-2H3,(H,24,27)(H,25,28). The Morgan fingerprint density at radius 1 is 1.10 bits per heavy atom. The summed E-state index contributed by atoms with van der Waals surface area (Å²) in [6, 6.07) is 11.8. The van der Waals surface area contributed by atoms with E-state index in [1.165, 1.54) is 14.0 Å². The highest BCUT2D eigenvalue weighted by Crippen LogP contribution is 2.29. The number of hydrogen-bond donors (Lipinski definition) is 2. The third kappa shape index (κ3) is 5.30. The van der Waals surface area contributed by atoms with Crippen molar-refractivity contribution in [2.24, 2.45) is 5.92 Å². The topological polar surface area (TPSA) is 87.7 Å². The van der Waals surface area contributed by atoms with Gasteiger partial charge in [0.05, 0.1) is 18.7 Å². The summed E-state index contributed by atoms with van der Waals surface area (Å²) in [5.41, 5.74) is 1.58. The lowest BCUT2D eigenvalue weighted by Crippen LogP contribution is -2.43. The molecule has 1 saturated heterocycles. The van der Waals surface area contributed by atoms with E-state index in [1.807, 2.05) is 0 Å². The zero-order valence-corrected chi connectivity index (χ0v) is 17.7. The maximum atomic E-state index is 12.8. The van der Waals surface area contributed by atoms with Crippen LogP contribution in [0.4, 0.5) is 11.4 Å². The number of methoxy groups -OCH3 is 1. The SMILES string of the molecule is COc1ccc(NC(=O)C2CCCN(C(=O)c3ccc(Cl)cc3)C2)cc1NC(C)=O. The monoisotopic (exact) mass is 429 g/mol. The molecule has 1 fully saturated rings. The second-order valence-electron chi connectivity index (χ2n) is 7.18. The lowest BCUT2D eigenvalue weighted by molar-refractivity contribution is -0.121. The molecule has 0 spiro atoms. The fourth-order valence-electron chi connectivity index (χ4n) is 3.47. The van der Waals surface area contributed by atoms with Gasteiger partial charge in [0.25, 0.3) is 5.91 Å². The molecular formula is C22H24ClN3O4. The van der Waals surface area contributed by atoms with E-state index in [9.17, 15) is 14.4 Å². The largest absolute Gasteiger partial charge is 0.495 e. The molecular weight excluding hydrogens is 406 g/mol. The number of rotatable bonds is 5. The van der Waals surface area contributed by atoms with Crippen molar-refractivity contribution in [3.05, 3.63) is 53.1 Å². The first-order valence-corrected chi connectivity index (χ1v) is 10.1. The van der Waals surface area contributed by atoms with Gasteiger partial charge in [-0.2, -0.15) is 0 Å². The van der Waals surface area contributed by atoms with Gasteiger partial charge in [0.15, 0.2) is 0 Å². The van der Waals surface area contributed by atoms with Gasteiger partial charge in [-0.25, -0.2) is 0 Å². The smallest absolute Gasteiger partial charge is 0.253 e. The average Bonchev–Trinajstić information content (AvgIpc) is 2.73. The quantitative estimate of drug-likeness (QED) is 0.756. The average molecular weight is 430 g/mol. The molecule has 158 valence electrons. The third-order valence-electron chi connectivity index (χ3n) is 4.95. The van der Waals surface area contributed by atoms with Crippen molar-refractivity contribution in [2.45, 2.75) is 19.8 Å². The van der Waals surface area contributed by atoms with Gasteiger partial charge in [-0.05, 0) is 55.3 Å². The number of ether oxygens (including phenoxy) is 1. The van der Waals surface area contributed by atoms with Gasteiger partial charge in [0.1, 0.15) is 5.75 Å². The summed E-state index contributed by atoms with van der Waals surface area (Å²) in [6.07, 6.45) is 1.45. The van der Waals surface area contributed by atoms with Crippen LogP contribution < -0.4 is 15.4 Å². The Kier molecular flexibility index (Phi) is 6.95. The number of amides is 3. The molecule has 1 atom stereocenters. The Morgan fingerprint density at radius 3 is 2.50 bits per heavy atom. The molecule has 0 radical (unpaired) electrons. The summed E-state index contributed by atoms with van der Waals surface area (Å²) in [5.74, 6) is -0.327. The normalized spacial score (nSPS) is 16.0. The number of anilines is 2. The molecule has 0 aliphatic carbocycles. The minimum absolute atomic E-state index is 0.110. The van der Waals surface area contributed by atoms with Crippen LogP contribution in [0.15, 0.2) is 42.5 Å². The molecule has 0 saturated carbocycles. The van der Waals surface area contributed by atoms with Gasteiger partial charge in [-0.1, -0.05) is 11.6 Å². The predicted molar refractivity (Wildman–Crippen MR) is 116 cm³/mol. The molecule has 1 aliphatic heterocycles. The number of hydrogen-bond acceptors (Lipinski definition) is 4. The van der Waals surface area contributed by atoms with Crippen LogP contribution in [0.1, 0.15) is 30.1 Å². The number of carbonyl (C=O) groups is 3. The Labute approximate surface area is 180 Å². The highest BCUT2D eigenvalue weighted by molar-refractivity contribution is 6.30. The predicted octanol–water partition coefficient (Wildman–Crippen LogP) is 3.80. The van der Waals surface area contributed by atoms with Crippen molar-refractivity contribution in [3.63, 3.8) is 0 Å². The second-order valence-corrected chi connectivity index (χ2v) is 7.62. The number of likely N-dealkylation sites (tertiary alicyclic amines) is 1. The highest BCUT2D eigenvalue weighted by atomic mass is 35.5. The van der Waals surface area contributed by atoms with Crippen LogP contribution >= 0.6 is 11.6 Å². The van der Waals surface area contributed by atoms with Crippen LogP contribution in [0.5, 0.6) is 5.75 Å². The van der Waals surface area contributed by atoms with Crippen LogP contribution in [0.3, 0.4) is 0 Å². The van der Waals surface area contributed by atoms with Crippen LogP contribution in [0.25, 0.3) is 0 Å². The van der Waals surface area contributed by atoms with Crippen LogP contribution in [0, 0.1) is 5.92 Å². The van der Waals surface area contributed by atoms with Crippen molar-refractivity contribution < 1.29 is 19.1 Å². The molecule has 7 nitrogen and oxygen atoms in total. The fourth-order valence-corrected chi connectivity index (χ4v) is 3.59. The Balaban J connectivity index is 1.67. The molecule has 1 aliphatic rings. The van der Waals surface area contributed by atoms with Crippen molar-refractivity contribution in [1.82, 2.24) is 4.90 Å². The van der Waals surface area contributed by atoms with Gasteiger partial charge in [-0.15, -0.1) is 0 Å². The summed E-state index contributed by atoms with van der Waals surface area (Å²) in [6.45, 7) is 2.36. The van der Waals surface area contributed by atoms with Crippen LogP contribution in [-0.4, -0.2) is 42.8 Å². The lowest BCUT2D eigenvalue weighted by atomic mass is 9.96. The molecule has 2 N–H and O–H groups in total. The van der Waals surface area contributed by atoms with E-state index in [1.54, 1.807) is 47.4 Å². The molecule has 1 unspecified atom stereocenters. The first-order chi connectivity index (χ1) is 14.4. The van der Waals surface area contributed by atoms with Crippen LogP contribution in [-0.2, 0) is 9.59 Å². The fraction of sp³-hybridized carbons (Fsp3) is 0.318. The number of benzene rings is 2. The second kappa shape index (κ2) is 9.63. The summed E-state index contributed by atoms with van der Waals surface area (Å²) in [4.78, 5) is 38.7. The third-order valence-corrected chi connectivity index (χ3v) is 5.20. The van der Waals surface area contributed by atoms with Gasteiger partial charge >= 0.3 is 0 Å². The molecule has 0 aromatic heterocycles. The summed E-state index contributed by atoms with van der Waals surface area (Å²) in [7, 11) is 1.51. The highest BCUT2D eigenvalue weighted by Gasteiger charge is 2.29. The zero-order chi connectivity index (χ0) is 21.7. The van der Waals surface area contributed by atoms with E-state index < -0.39 is 0 Å². The molecule has 1 heterocycles.